The van der Waals surface area contributed by atoms with E-state index >= 15 is 0 Å². The number of hydrogen-bond acceptors (Lipinski definition) is 5. The fourth-order valence-corrected chi connectivity index (χ4v) is 0.403. The van der Waals surface area contributed by atoms with E-state index in [4.69, 9.17) is 0 Å². The normalized spacial score (nSPS) is 10.5. The summed E-state index contributed by atoms with van der Waals surface area (Å²) in [5.41, 5.74) is 0. The Hall–Kier alpha value is -1.79. The van der Waals surface area contributed by atoms with Crippen molar-refractivity contribution >= 4 is 18.5 Å². The third-order valence-corrected chi connectivity index (χ3v) is 0.945. The first-order valence-electron chi connectivity index (χ1n) is 3.25. The van der Waals surface area contributed by atoms with Crippen molar-refractivity contribution < 1.29 is 28.6 Å². The molecule has 0 aliphatic heterocycles. The lowest BCUT2D eigenvalue weighted by Crippen LogP contribution is -2.18. The molecular weight excluding hydrogens is 180 g/mol. The van der Waals surface area contributed by atoms with Crippen LogP contribution in [0.3, 0.4) is 0 Å². The highest BCUT2D eigenvalue weighted by Gasteiger charge is 2.18. The number of carbonyl (C=O) groups is 3. The van der Waals surface area contributed by atoms with E-state index in [1.807, 2.05) is 0 Å². The van der Waals surface area contributed by atoms with Gasteiger partial charge in [-0.05, 0) is 4.70 Å². The van der Waals surface area contributed by atoms with Gasteiger partial charge in [-0.25, -0.2) is 4.79 Å². The average Bonchev–Trinajstić information content (AvgIpc) is 2.13. The molecule has 2 amide bonds. The molecule has 0 fully saturated rings. The molecule has 0 aliphatic carbocycles. The zero-order valence-corrected chi connectivity index (χ0v) is 7.22. The Bertz CT molecular complexity index is 247. The van der Waals surface area contributed by atoms with Crippen LogP contribution in [-0.2, 0) is 14.3 Å². The van der Waals surface area contributed by atoms with Gasteiger partial charge >= 0.3 is 12.2 Å². The van der Waals surface area contributed by atoms with Crippen LogP contribution in [0.4, 0.5) is 9.59 Å². The van der Waals surface area contributed by atoms with Gasteiger partial charge in [0.05, 0.1) is 12.2 Å². The van der Waals surface area contributed by atoms with E-state index in [-0.39, 0.29) is 6.61 Å². The number of methoxy groups -OCH3 is 1. The molecule has 0 atom stereocenters. The predicted molar refractivity (Wildman–Crippen MR) is 38.4 cm³/mol. The lowest BCUT2D eigenvalue weighted by Gasteiger charge is -1.91. The summed E-state index contributed by atoms with van der Waals surface area (Å²) >= 11 is 0. The van der Waals surface area contributed by atoms with Gasteiger partial charge in [0.1, 0.15) is 0 Å². The summed E-state index contributed by atoms with van der Waals surface area (Å²) in [6.07, 6.45) is -1.42. The second kappa shape index (κ2) is 5.81. The fourth-order valence-electron chi connectivity index (χ4n) is 0.403. The summed E-state index contributed by atoms with van der Waals surface area (Å²) in [7, 11) is 2.32. The molecule has 7 nitrogen and oxygen atoms in total. The maximum Gasteiger partial charge on any atom is 0.623 e. The summed E-state index contributed by atoms with van der Waals surface area (Å²) in [6.45, 7) is -0.375. The van der Waals surface area contributed by atoms with Crippen molar-refractivity contribution in [3.8, 4) is 0 Å². The number of aldehydes is 1. The molecule has 0 aromatic rings. The first-order chi connectivity index (χ1) is 6.11. The number of amides is 2. The first-order valence-corrected chi connectivity index (χ1v) is 3.25. The molecule has 0 radical (unpaired) electrons. The van der Waals surface area contributed by atoms with Crippen molar-refractivity contribution in [1.29, 1.82) is 0 Å². The lowest BCUT2D eigenvalue weighted by molar-refractivity contribution is -0.480. The number of rotatable bonds is 2. The summed E-state index contributed by atoms with van der Waals surface area (Å²) < 4.78 is 9.10. The molecular formula is C6H9N2O5+. The number of ether oxygens (including phenoxy) is 2. The standard InChI is InChI=1S/C6H9N2O5/c1-8(7-5(10)12-2)6(11)13-4-3-9/h3H,4H2,1-2H3/q+1. The molecule has 0 aromatic carbocycles. The van der Waals surface area contributed by atoms with E-state index in [1.165, 1.54) is 7.05 Å². The van der Waals surface area contributed by atoms with Crippen molar-refractivity contribution in [2.75, 3.05) is 20.8 Å². The van der Waals surface area contributed by atoms with Crippen LogP contribution in [0.25, 0.3) is 0 Å². The van der Waals surface area contributed by atoms with E-state index in [2.05, 4.69) is 14.6 Å². The molecule has 0 bridgehead atoms. The van der Waals surface area contributed by atoms with E-state index in [0.717, 1.165) is 7.11 Å². The third kappa shape index (κ3) is 4.62. The van der Waals surface area contributed by atoms with Gasteiger partial charge in [0.15, 0.2) is 19.9 Å². The zero-order chi connectivity index (χ0) is 10.3. The summed E-state index contributed by atoms with van der Waals surface area (Å²) in [5, 5.41) is 3.13. The van der Waals surface area contributed by atoms with Gasteiger partial charge in [0.25, 0.3) is 0 Å². The van der Waals surface area contributed by atoms with Crippen LogP contribution in [0.5, 0.6) is 0 Å². The smallest absolute Gasteiger partial charge is 0.448 e. The molecule has 0 saturated heterocycles. The summed E-state index contributed by atoms with van der Waals surface area (Å²) in [4.78, 5) is 31.1. The number of carbonyl (C=O) groups excluding carboxylic acids is 3. The van der Waals surface area contributed by atoms with E-state index in [1.54, 1.807) is 0 Å². The minimum atomic E-state index is -0.925. The Morgan fingerprint density at radius 1 is 1.54 bits per heavy atom. The number of azo groups is 2. The molecule has 0 aromatic heterocycles. The summed E-state index contributed by atoms with van der Waals surface area (Å²) in [5.74, 6) is 0. The Kier molecular flexibility index (Phi) is 5.01. The Balaban J connectivity index is 4.15. The van der Waals surface area contributed by atoms with E-state index < -0.39 is 12.2 Å². The fraction of sp³-hybridized carbons (Fsp3) is 0.500. The molecule has 0 aliphatic rings. The second-order valence-corrected chi connectivity index (χ2v) is 1.84. The highest BCUT2D eigenvalue weighted by atomic mass is 16.6. The van der Waals surface area contributed by atoms with Crippen molar-refractivity contribution in [2.45, 2.75) is 0 Å². The van der Waals surface area contributed by atoms with Gasteiger partial charge in [-0.3, -0.25) is 4.79 Å². The highest BCUT2D eigenvalue weighted by molar-refractivity contribution is 5.68. The van der Waals surface area contributed by atoms with Crippen LogP contribution >= 0.6 is 0 Å². The van der Waals surface area contributed by atoms with Crippen LogP contribution in [-0.4, -0.2) is 43.9 Å². The zero-order valence-electron chi connectivity index (χ0n) is 7.22. The van der Waals surface area contributed by atoms with Crippen molar-refractivity contribution in [3.63, 3.8) is 0 Å². The molecule has 0 saturated carbocycles. The molecule has 0 heterocycles. The van der Waals surface area contributed by atoms with Crippen molar-refractivity contribution in [1.82, 2.24) is 0 Å². The van der Waals surface area contributed by atoms with Crippen LogP contribution in [0.2, 0.25) is 0 Å². The molecule has 0 spiro atoms. The Morgan fingerprint density at radius 2 is 2.15 bits per heavy atom. The SMILES string of the molecule is COC(=O)N=[N+](C)C(=O)OCC=O. The molecule has 13 heavy (non-hydrogen) atoms. The maximum atomic E-state index is 10.8. The molecule has 0 unspecified atom stereocenters. The average molecular weight is 189 g/mol. The summed E-state index contributed by atoms with van der Waals surface area (Å²) in [6, 6.07) is 0. The first kappa shape index (κ1) is 11.2. The largest absolute Gasteiger partial charge is 0.623 e. The van der Waals surface area contributed by atoms with Gasteiger partial charge in [0.2, 0.25) is 0 Å². The van der Waals surface area contributed by atoms with Gasteiger partial charge in [-0.1, -0.05) is 0 Å². The third-order valence-electron chi connectivity index (χ3n) is 0.945. The second-order valence-electron chi connectivity index (χ2n) is 1.84. The van der Waals surface area contributed by atoms with Crippen molar-refractivity contribution in [3.05, 3.63) is 0 Å². The Morgan fingerprint density at radius 3 is 2.62 bits per heavy atom. The topological polar surface area (TPSA) is 85.0 Å². The van der Waals surface area contributed by atoms with E-state index in [9.17, 15) is 14.4 Å². The van der Waals surface area contributed by atoms with Gasteiger partial charge < -0.3 is 9.47 Å². The maximum absolute atomic E-state index is 10.8. The Labute approximate surface area is 73.9 Å². The lowest BCUT2D eigenvalue weighted by atomic mass is 10.8. The van der Waals surface area contributed by atoms with Gasteiger partial charge in [0, 0.05) is 0 Å². The molecule has 0 rings (SSSR count). The molecule has 0 N–H and O–H groups in total. The van der Waals surface area contributed by atoms with Crippen LogP contribution in [0.15, 0.2) is 5.11 Å². The van der Waals surface area contributed by atoms with Crippen molar-refractivity contribution in [2.24, 2.45) is 5.11 Å². The van der Waals surface area contributed by atoms with Gasteiger partial charge in [-0.15, -0.1) is 0 Å². The van der Waals surface area contributed by atoms with Crippen LogP contribution < -0.4 is 0 Å². The molecule has 7 heteroatoms. The monoisotopic (exact) mass is 189 g/mol. The highest BCUT2D eigenvalue weighted by Crippen LogP contribution is 1.86. The number of hydrogen-bond donors (Lipinski definition) is 0. The predicted octanol–water partition coefficient (Wildman–Crippen LogP) is 0.183. The molecule has 72 valence electrons. The minimum absolute atomic E-state index is 0.375. The van der Waals surface area contributed by atoms with Crippen LogP contribution in [0, 0.1) is 0 Å². The quantitative estimate of drug-likeness (QED) is 0.351. The van der Waals surface area contributed by atoms with E-state index in [0.29, 0.717) is 11.0 Å². The van der Waals surface area contributed by atoms with Crippen LogP contribution in [0.1, 0.15) is 0 Å². The number of nitrogens with zero attached hydrogens (tertiary/aromatic N) is 2. The minimum Gasteiger partial charge on any atom is -0.448 e. The van der Waals surface area contributed by atoms with Gasteiger partial charge in [-0.2, -0.15) is 4.79 Å².